The van der Waals surface area contributed by atoms with Gasteiger partial charge in [0, 0.05) is 28.2 Å². The van der Waals surface area contributed by atoms with E-state index >= 15 is 0 Å². The van der Waals surface area contributed by atoms with Gasteiger partial charge in [-0.25, -0.2) is 0 Å². The van der Waals surface area contributed by atoms with E-state index in [1.807, 2.05) is 18.2 Å². The molecule has 0 unspecified atom stereocenters. The van der Waals surface area contributed by atoms with Gasteiger partial charge in [-0.3, -0.25) is 20.2 Å². The number of rotatable bonds is 5. The lowest BCUT2D eigenvalue weighted by Gasteiger charge is -2.09. The van der Waals surface area contributed by atoms with E-state index < -0.39 is 10.8 Å². The highest BCUT2D eigenvalue weighted by Crippen LogP contribution is 2.27. The maximum Gasteiger partial charge on any atom is 0.270 e. The number of anilines is 1. The van der Waals surface area contributed by atoms with Crippen molar-refractivity contribution < 1.29 is 14.5 Å². The SMILES string of the molecule is COc1ccccc1C=CC(=O)NC(=S)Nc1ccc([N+](=O)[O-])cc1Br. The second kappa shape index (κ2) is 9.07. The molecule has 0 spiro atoms. The van der Waals surface area contributed by atoms with E-state index in [4.69, 9.17) is 17.0 Å². The third-order valence-corrected chi connectivity index (χ3v) is 4.06. The van der Waals surface area contributed by atoms with Gasteiger partial charge in [0.2, 0.25) is 5.91 Å². The lowest BCUT2D eigenvalue weighted by atomic mass is 10.2. The Morgan fingerprint density at radius 3 is 2.69 bits per heavy atom. The van der Waals surface area contributed by atoms with Gasteiger partial charge in [0.05, 0.1) is 17.7 Å². The van der Waals surface area contributed by atoms with Gasteiger partial charge in [0.15, 0.2) is 5.11 Å². The van der Waals surface area contributed by atoms with E-state index in [1.165, 1.54) is 24.3 Å². The first kappa shape index (κ1) is 19.5. The highest BCUT2D eigenvalue weighted by atomic mass is 79.9. The van der Waals surface area contributed by atoms with Crippen molar-refractivity contribution in [1.82, 2.24) is 5.32 Å². The Kier molecular flexibility index (Phi) is 6.81. The molecule has 0 atom stereocenters. The number of nitro groups is 1. The summed E-state index contributed by atoms with van der Waals surface area (Å²) in [5.41, 5.74) is 1.19. The molecule has 0 heterocycles. The van der Waals surface area contributed by atoms with E-state index in [0.29, 0.717) is 15.9 Å². The number of non-ortho nitro benzene ring substituents is 1. The van der Waals surface area contributed by atoms with Crippen LogP contribution in [0.3, 0.4) is 0 Å². The van der Waals surface area contributed by atoms with Crippen LogP contribution in [-0.2, 0) is 4.79 Å². The molecule has 2 rings (SSSR count). The van der Waals surface area contributed by atoms with Gasteiger partial charge in [-0.1, -0.05) is 18.2 Å². The van der Waals surface area contributed by atoms with Crippen molar-refractivity contribution in [3.8, 4) is 5.75 Å². The summed E-state index contributed by atoms with van der Waals surface area (Å²) in [5, 5.41) is 16.1. The molecule has 2 N–H and O–H groups in total. The third kappa shape index (κ3) is 5.36. The van der Waals surface area contributed by atoms with Crippen LogP contribution in [-0.4, -0.2) is 23.1 Å². The van der Waals surface area contributed by atoms with Crippen LogP contribution in [0.5, 0.6) is 5.75 Å². The van der Waals surface area contributed by atoms with Crippen LogP contribution in [0.2, 0.25) is 0 Å². The number of nitro benzene ring substituents is 1. The van der Waals surface area contributed by atoms with Gasteiger partial charge >= 0.3 is 0 Å². The maximum absolute atomic E-state index is 12.0. The molecule has 0 fully saturated rings. The number of hydrogen-bond donors (Lipinski definition) is 2. The standard InChI is InChI=1S/C17H14BrN3O4S/c1-25-15-5-3-2-4-11(15)6-9-16(22)20-17(26)19-14-8-7-12(21(23)24)10-13(14)18/h2-10H,1H3,(H2,19,20,22,26). The molecule has 0 saturated heterocycles. The second-order valence-electron chi connectivity index (χ2n) is 4.94. The molecule has 1 amide bonds. The second-order valence-corrected chi connectivity index (χ2v) is 6.20. The summed E-state index contributed by atoms with van der Waals surface area (Å²) >= 11 is 8.30. The van der Waals surface area contributed by atoms with Crippen molar-refractivity contribution in [3.05, 3.63) is 68.7 Å². The number of amides is 1. The number of carbonyl (C=O) groups excluding carboxylic acids is 1. The Balaban J connectivity index is 1.98. The minimum atomic E-state index is -0.503. The van der Waals surface area contributed by atoms with Crippen LogP contribution in [0.1, 0.15) is 5.56 Å². The first-order chi connectivity index (χ1) is 12.4. The number of thiocarbonyl (C=S) groups is 1. The normalized spacial score (nSPS) is 10.4. The number of para-hydroxylation sites is 1. The minimum absolute atomic E-state index is 0.0582. The number of benzene rings is 2. The Labute approximate surface area is 163 Å². The lowest BCUT2D eigenvalue weighted by molar-refractivity contribution is -0.384. The first-order valence-electron chi connectivity index (χ1n) is 7.27. The summed E-state index contributed by atoms with van der Waals surface area (Å²) in [6.45, 7) is 0. The predicted molar refractivity (Wildman–Crippen MR) is 107 cm³/mol. The molecule has 7 nitrogen and oxygen atoms in total. The summed E-state index contributed by atoms with van der Waals surface area (Å²) in [5.74, 6) is 0.221. The van der Waals surface area contributed by atoms with Crippen molar-refractivity contribution in [2.75, 3.05) is 12.4 Å². The van der Waals surface area contributed by atoms with E-state index in [1.54, 1.807) is 19.3 Å². The van der Waals surface area contributed by atoms with Crippen molar-refractivity contribution in [2.45, 2.75) is 0 Å². The zero-order chi connectivity index (χ0) is 19.1. The van der Waals surface area contributed by atoms with Gasteiger partial charge in [0.1, 0.15) is 5.75 Å². The van der Waals surface area contributed by atoms with Crippen molar-refractivity contribution in [1.29, 1.82) is 0 Å². The number of ether oxygens (including phenoxy) is 1. The zero-order valence-corrected chi connectivity index (χ0v) is 16.0. The molecule has 0 bridgehead atoms. The fourth-order valence-corrected chi connectivity index (χ4v) is 2.67. The molecule has 26 heavy (non-hydrogen) atoms. The average Bonchev–Trinajstić information content (AvgIpc) is 2.61. The van der Waals surface area contributed by atoms with Gasteiger partial charge in [0.25, 0.3) is 5.69 Å². The Hall–Kier alpha value is -2.78. The van der Waals surface area contributed by atoms with Crippen molar-refractivity contribution in [3.63, 3.8) is 0 Å². The van der Waals surface area contributed by atoms with E-state index in [0.717, 1.165) is 5.56 Å². The van der Waals surface area contributed by atoms with Crippen molar-refractivity contribution >= 4 is 56.6 Å². The van der Waals surface area contributed by atoms with Gasteiger partial charge in [-0.05, 0) is 46.4 Å². The Bertz CT molecular complexity index is 886. The summed E-state index contributed by atoms with van der Waals surface area (Å²) in [7, 11) is 1.55. The highest BCUT2D eigenvalue weighted by Gasteiger charge is 2.10. The van der Waals surface area contributed by atoms with E-state index in [-0.39, 0.29) is 10.8 Å². The lowest BCUT2D eigenvalue weighted by Crippen LogP contribution is -2.32. The molecule has 134 valence electrons. The number of nitrogens with zero attached hydrogens (tertiary/aromatic N) is 1. The monoisotopic (exact) mass is 435 g/mol. The zero-order valence-electron chi connectivity index (χ0n) is 13.6. The van der Waals surface area contributed by atoms with Crippen LogP contribution >= 0.6 is 28.1 Å². The largest absolute Gasteiger partial charge is 0.496 e. The molecule has 0 aliphatic rings. The number of methoxy groups -OCH3 is 1. The van der Waals surface area contributed by atoms with Gasteiger partial charge in [-0.15, -0.1) is 0 Å². The number of halogens is 1. The minimum Gasteiger partial charge on any atom is -0.496 e. The molecule has 0 radical (unpaired) electrons. The molecular formula is C17H14BrN3O4S. The molecule has 9 heteroatoms. The molecule has 0 aliphatic carbocycles. The molecule has 0 aromatic heterocycles. The average molecular weight is 436 g/mol. The molecule has 2 aromatic carbocycles. The van der Waals surface area contributed by atoms with Crippen LogP contribution in [0, 0.1) is 10.1 Å². The fourth-order valence-electron chi connectivity index (χ4n) is 2.00. The van der Waals surface area contributed by atoms with Crippen LogP contribution in [0.25, 0.3) is 6.08 Å². The topological polar surface area (TPSA) is 93.5 Å². The Morgan fingerprint density at radius 2 is 2.04 bits per heavy atom. The van der Waals surface area contributed by atoms with Gasteiger partial charge < -0.3 is 10.1 Å². The molecule has 0 saturated carbocycles. The first-order valence-corrected chi connectivity index (χ1v) is 8.48. The third-order valence-electron chi connectivity index (χ3n) is 3.20. The smallest absolute Gasteiger partial charge is 0.270 e. The van der Waals surface area contributed by atoms with Crippen LogP contribution < -0.4 is 15.4 Å². The summed E-state index contributed by atoms with van der Waals surface area (Å²) < 4.78 is 5.65. The number of nitrogens with one attached hydrogen (secondary N) is 2. The van der Waals surface area contributed by atoms with E-state index in [2.05, 4.69) is 26.6 Å². The van der Waals surface area contributed by atoms with Crippen molar-refractivity contribution in [2.24, 2.45) is 0 Å². The van der Waals surface area contributed by atoms with Crippen LogP contribution in [0.15, 0.2) is 53.0 Å². The number of carbonyl (C=O) groups is 1. The van der Waals surface area contributed by atoms with Crippen LogP contribution in [0.4, 0.5) is 11.4 Å². The van der Waals surface area contributed by atoms with Gasteiger partial charge in [-0.2, -0.15) is 0 Å². The molecule has 0 aliphatic heterocycles. The number of hydrogen-bond acceptors (Lipinski definition) is 5. The summed E-state index contributed by atoms with van der Waals surface area (Å²) in [6.07, 6.45) is 2.94. The Morgan fingerprint density at radius 1 is 1.31 bits per heavy atom. The van der Waals surface area contributed by atoms with E-state index in [9.17, 15) is 14.9 Å². The fraction of sp³-hybridized carbons (Fsp3) is 0.0588. The maximum atomic E-state index is 12.0. The summed E-state index contributed by atoms with van der Waals surface area (Å²) in [4.78, 5) is 22.2. The quantitative estimate of drug-likeness (QED) is 0.320. The highest BCUT2D eigenvalue weighted by molar-refractivity contribution is 9.10. The molecule has 2 aromatic rings. The summed E-state index contributed by atoms with van der Waals surface area (Å²) in [6, 6.07) is 11.4. The predicted octanol–water partition coefficient (Wildman–Crippen LogP) is 3.89. The molecular weight excluding hydrogens is 422 g/mol.